The number of hydrogen-bond acceptors (Lipinski definition) is 9. The molecule has 5 N–H and O–H groups in total. The van der Waals surface area contributed by atoms with E-state index in [2.05, 4.69) is 9.98 Å². The Labute approximate surface area is 246 Å². The molecule has 220 valence electrons. The third-order valence-corrected chi connectivity index (χ3v) is 7.79. The maximum absolute atomic E-state index is 15.6. The number of aliphatic imine (C=N–C) groups is 1. The fourth-order valence-corrected chi connectivity index (χ4v) is 5.26. The number of ether oxygens (including phenoxy) is 2. The average Bonchev–Trinajstić information content (AvgIpc) is 3.42. The molecule has 1 aliphatic rings. The fraction of sp³-hybridized carbons (Fsp3) is 0.103. The van der Waals surface area contributed by atoms with Crippen molar-refractivity contribution in [3.63, 3.8) is 0 Å². The van der Waals surface area contributed by atoms with Gasteiger partial charge in [-0.1, -0.05) is 0 Å². The first-order valence-electron chi connectivity index (χ1n) is 12.5. The van der Waals surface area contributed by atoms with E-state index >= 15 is 4.39 Å². The van der Waals surface area contributed by atoms with E-state index in [1.54, 1.807) is 19.3 Å². The summed E-state index contributed by atoms with van der Waals surface area (Å²) in [5.41, 5.74) is 6.06. The number of nitrogens with two attached hydrogens (primary N) is 1. The number of amidine groups is 1. The molecule has 1 aromatic heterocycles. The van der Waals surface area contributed by atoms with E-state index in [1.165, 1.54) is 54.6 Å². The molecule has 4 aromatic rings. The lowest BCUT2D eigenvalue weighted by Crippen LogP contribution is -2.20. The summed E-state index contributed by atoms with van der Waals surface area (Å²) in [4.78, 5) is 21.7. The van der Waals surface area contributed by atoms with Crippen molar-refractivity contribution >= 4 is 29.2 Å². The van der Waals surface area contributed by atoms with Crippen molar-refractivity contribution in [1.29, 1.82) is 5.41 Å². The fourth-order valence-electron chi connectivity index (χ4n) is 4.18. The lowest BCUT2D eigenvalue weighted by molar-refractivity contribution is 0.0696. The molecule has 2 atom stereocenters. The minimum atomic E-state index is -1.73. The Morgan fingerprint density at radius 2 is 1.77 bits per heavy atom. The van der Waals surface area contributed by atoms with Crippen LogP contribution < -0.4 is 15.2 Å². The molecular formula is C29H23F2N5O6S. The van der Waals surface area contributed by atoms with E-state index in [1.807, 2.05) is 4.90 Å². The monoisotopic (exact) mass is 607 g/mol. The SMILES string of the molecule is CN1CC=NC1c1cc([S+]([O-])c2ccc(C(=O)O)cc2)ccc1Oc1c(F)cnc(Oc2cc(C(=N)N)ccc2O)c1F. The number of phenols is 1. The highest BCUT2D eigenvalue weighted by Crippen LogP contribution is 2.41. The lowest BCUT2D eigenvalue weighted by Gasteiger charge is -2.22. The number of carboxylic acids is 1. The van der Waals surface area contributed by atoms with E-state index in [0.29, 0.717) is 28.1 Å². The van der Waals surface area contributed by atoms with Crippen LogP contribution in [-0.2, 0) is 11.2 Å². The van der Waals surface area contributed by atoms with Crippen LogP contribution in [0.4, 0.5) is 8.78 Å². The van der Waals surface area contributed by atoms with Gasteiger partial charge in [0.15, 0.2) is 27.1 Å². The Morgan fingerprint density at radius 1 is 1.07 bits per heavy atom. The van der Waals surface area contributed by atoms with Gasteiger partial charge in [0, 0.05) is 41.1 Å². The first-order valence-corrected chi connectivity index (χ1v) is 13.7. The second-order valence-corrected chi connectivity index (χ2v) is 10.8. The molecule has 0 fully saturated rings. The molecule has 0 radical (unpaired) electrons. The van der Waals surface area contributed by atoms with Gasteiger partial charge in [-0.2, -0.15) is 4.39 Å². The number of aromatic carboxylic acids is 1. The van der Waals surface area contributed by atoms with Gasteiger partial charge in [-0.25, -0.2) is 14.2 Å². The molecule has 5 rings (SSSR count). The Morgan fingerprint density at radius 3 is 2.42 bits per heavy atom. The van der Waals surface area contributed by atoms with Crippen LogP contribution in [0.3, 0.4) is 0 Å². The van der Waals surface area contributed by atoms with Crippen molar-refractivity contribution in [2.75, 3.05) is 13.6 Å². The van der Waals surface area contributed by atoms with Crippen molar-refractivity contribution in [1.82, 2.24) is 9.88 Å². The Kier molecular flexibility index (Phi) is 8.25. The van der Waals surface area contributed by atoms with E-state index in [4.69, 9.17) is 25.7 Å². The van der Waals surface area contributed by atoms with E-state index < -0.39 is 52.3 Å². The minimum absolute atomic E-state index is 0.00856. The third-order valence-electron chi connectivity index (χ3n) is 6.41. The molecular weight excluding hydrogens is 584 g/mol. The first-order chi connectivity index (χ1) is 20.5. The molecule has 0 saturated carbocycles. The highest BCUT2D eigenvalue weighted by atomic mass is 32.2. The summed E-state index contributed by atoms with van der Waals surface area (Å²) in [6.45, 7) is 0.479. The van der Waals surface area contributed by atoms with Crippen LogP contribution in [0.25, 0.3) is 0 Å². The second kappa shape index (κ2) is 12.1. The zero-order valence-electron chi connectivity index (χ0n) is 22.3. The van der Waals surface area contributed by atoms with Gasteiger partial charge in [-0.3, -0.25) is 15.3 Å². The van der Waals surface area contributed by atoms with Crippen LogP contribution in [0.2, 0.25) is 0 Å². The topological polar surface area (TPSA) is 177 Å². The number of aromatic nitrogens is 1. The van der Waals surface area contributed by atoms with Gasteiger partial charge in [0.25, 0.3) is 5.88 Å². The van der Waals surface area contributed by atoms with Crippen LogP contribution >= 0.6 is 0 Å². The van der Waals surface area contributed by atoms with Crippen LogP contribution in [-0.4, -0.2) is 56.3 Å². The molecule has 0 aliphatic carbocycles. The molecule has 2 unspecified atom stereocenters. The number of phenolic OH excluding ortho intramolecular Hbond substituents is 1. The van der Waals surface area contributed by atoms with Crippen molar-refractivity contribution in [3.8, 4) is 28.9 Å². The third kappa shape index (κ3) is 6.11. The highest BCUT2D eigenvalue weighted by molar-refractivity contribution is 7.91. The molecule has 3 aromatic carbocycles. The van der Waals surface area contributed by atoms with Gasteiger partial charge in [-0.15, -0.1) is 0 Å². The Balaban J connectivity index is 1.50. The van der Waals surface area contributed by atoms with Crippen molar-refractivity contribution < 1.29 is 37.8 Å². The van der Waals surface area contributed by atoms with Crippen LogP contribution in [0, 0.1) is 17.0 Å². The smallest absolute Gasteiger partial charge is 0.335 e. The zero-order chi connectivity index (χ0) is 30.8. The molecule has 11 nitrogen and oxygen atoms in total. The Bertz CT molecular complexity index is 1750. The van der Waals surface area contributed by atoms with Crippen molar-refractivity contribution in [2.45, 2.75) is 16.0 Å². The number of hydrogen-bond donors (Lipinski definition) is 4. The summed E-state index contributed by atoms with van der Waals surface area (Å²) in [7, 11) is 1.77. The number of carbonyl (C=O) groups is 1. The summed E-state index contributed by atoms with van der Waals surface area (Å²) in [5.74, 6) is -6.13. The predicted octanol–water partition coefficient (Wildman–Crippen LogP) is 4.81. The number of rotatable bonds is 9. The largest absolute Gasteiger partial charge is 0.606 e. The summed E-state index contributed by atoms with van der Waals surface area (Å²) < 4.78 is 54.9. The van der Waals surface area contributed by atoms with Gasteiger partial charge in [0.2, 0.25) is 11.6 Å². The molecule has 0 amide bonds. The molecule has 0 spiro atoms. The van der Waals surface area contributed by atoms with Crippen LogP contribution in [0.1, 0.15) is 27.7 Å². The number of nitrogen functional groups attached to an aromatic ring is 1. The van der Waals surface area contributed by atoms with Crippen molar-refractivity contribution in [3.05, 3.63) is 95.2 Å². The number of benzene rings is 3. The lowest BCUT2D eigenvalue weighted by atomic mass is 10.1. The normalized spacial score (nSPS) is 15.3. The predicted molar refractivity (Wildman–Crippen MR) is 152 cm³/mol. The van der Waals surface area contributed by atoms with Crippen molar-refractivity contribution in [2.24, 2.45) is 10.7 Å². The summed E-state index contributed by atoms with van der Waals surface area (Å²) in [6, 6.07) is 13.7. The number of nitrogens with zero attached hydrogens (tertiary/aromatic N) is 3. The summed E-state index contributed by atoms with van der Waals surface area (Å²) in [5, 5.41) is 26.8. The molecule has 43 heavy (non-hydrogen) atoms. The van der Waals surface area contributed by atoms with E-state index in [9.17, 15) is 18.8 Å². The summed E-state index contributed by atoms with van der Waals surface area (Å²) >= 11 is -1.73. The molecule has 1 aliphatic heterocycles. The molecule has 14 heteroatoms. The average molecular weight is 608 g/mol. The molecule has 0 saturated heterocycles. The van der Waals surface area contributed by atoms with E-state index in [0.717, 1.165) is 0 Å². The number of pyridine rings is 1. The number of carboxylic acid groups (broad SMARTS) is 1. The van der Waals surface area contributed by atoms with Gasteiger partial charge < -0.3 is 30.0 Å². The van der Waals surface area contributed by atoms with Gasteiger partial charge in [0.05, 0.1) is 11.8 Å². The van der Waals surface area contributed by atoms with Gasteiger partial charge in [-0.05, 0) is 61.6 Å². The maximum atomic E-state index is 15.6. The number of nitrogens with one attached hydrogen (secondary N) is 1. The second-order valence-electron chi connectivity index (χ2n) is 9.30. The molecule has 2 heterocycles. The Hall–Kier alpha value is -5.05. The van der Waals surface area contributed by atoms with Gasteiger partial charge >= 0.3 is 5.97 Å². The van der Waals surface area contributed by atoms with Crippen LogP contribution in [0.15, 0.2) is 81.6 Å². The maximum Gasteiger partial charge on any atom is 0.335 e. The first kappa shape index (κ1) is 29.4. The zero-order valence-corrected chi connectivity index (χ0v) is 23.1. The standard InChI is InChI=1S/C29H23F2N5O6S/c1-36-11-10-34-27(36)19-13-18(43(40)17-5-2-15(3-6-17)29(38)39)7-9-22(19)41-25-20(30)14-35-28(24(25)31)42-23-12-16(26(32)33)4-8-21(23)37/h2-10,12-14,27,37H,11H2,1H3,(H3,32,33)(H,38,39). The van der Waals surface area contributed by atoms with E-state index in [-0.39, 0.29) is 28.5 Å². The minimum Gasteiger partial charge on any atom is -0.606 e. The number of aromatic hydroxyl groups is 1. The van der Waals surface area contributed by atoms with Gasteiger partial charge in [0.1, 0.15) is 17.8 Å². The quantitative estimate of drug-likeness (QED) is 0.118. The summed E-state index contributed by atoms with van der Waals surface area (Å²) in [6.07, 6.45) is 1.71. The van der Waals surface area contributed by atoms with Crippen LogP contribution in [0.5, 0.6) is 28.9 Å². The molecule has 0 bridgehead atoms. The number of halogens is 2. The highest BCUT2D eigenvalue weighted by Gasteiger charge is 2.28.